The van der Waals surface area contributed by atoms with E-state index >= 15 is 0 Å². The Morgan fingerprint density at radius 3 is 2.12 bits per heavy atom. The Balaban J connectivity index is 2.25. The van der Waals surface area contributed by atoms with E-state index in [0.29, 0.717) is 21.2 Å². The van der Waals surface area contributed by atoms with Gasteiger partial charge in [-0.25, -0.2) is 0 Å². The molecular formula is C30H35Cl2F2N3O4. The van der Waals surface area contributed by atoms with Crippen molar-refractivity contribution in [3.63, 3.8) is 0 Å². The van der Waals surface area contributed by atoms with Crippen LogP contribution >= 0.6 is 23.2 Å². The fourth-order valence-electron chi connectivity index (χ4n) is 3.62. The summed E-state index contributed by atoms with van der Waals surface area (Å²) >= 11 is 11.9. The predicted molar refractivity (Wildman–Crippen MR) is 157 cm³/mol. The van der Waals surface area contributed by atoms with E-state index < -0.39 is 52.8 Å². The molecule has 0 radical (unpaired) electrons. The zero-order valence-corrected chi connectivity index (χ0v) is 25.1. The number of rotatable bonds is 12. The summed E-state index contributed by atoms with van der Waals surface area (Å²) in [5.41, 5.74) is 0.772. The van der Waals surface area contributed by atoms with Gasteiger partial charge in [-0.1, -0.05) is 94.2 Å². The molecule has 2 aromatic carbocycles. The second kappa shape index (κ2) is 14.5. The van der Waals surface area contributed by atoms with Gasteiger partial charge in [-0.15, -0.1) is 0 Å². The maximum Gasteiger partial charge on any atom is 0.383 e. The molecule has 0 aromatic heterocycles. The molecule has 0 unspecified atom stereocenters. The Kier molecular flexibility index (Phi) is 12.0. The van der Waals surface area contributed by atoms with Crippen LogP contribution in [0.1, 0.15) is 45.7 Å². The molecule has 0 heterocycles. The van der Waals surface area contributed by atoms with Crippen molar-refractivity contribution in [3.05, 3.63) is 75.8 Å². The number of carbonyl (C=O) groups is 4. The van der Waals surface area contributed by atoms with Gasteiger partial charge in [-0.3, -0.25) is 19.2 Å². The van der Waals surface area contributed by atoms with Crippen molar-refractivity contribution < 1.29 is 28.0 Å². The number of amides is 3. The average molecular weight is 611 g/mol. The molecule has 7 nitrogen and oxygen atoms in total. The van der Waals surface area contributed by atoms with Crippen LogP contribution in [0.2, 0.25) is 10.0 Å². The molecule has 0 aliphatic heterocycles. The Morgan fingerprint density at radius 1 is 0.927 bits per heavy atom. The molecule has 3 N–H and O–H groups in total. The van der Waals surface area contributed by atoms with Gasteiger partial charge in [0.15, 0.2) is 0 Å². The van der Waals surface area contributed by atoms with E-state index in [1.807, 2.05) is 0 Å². The number of hydrogen-bond acceptors (Lipinski definition) is 4. The van der Waals surface area contributed by atoms with Crippen molar-refractivity contribution in [1.29, 1.82) is 0 Å². The van der Waals surface area contributed by atoms with E-state index in [2.05, 4.69) is 16.0 Å². The summed E-state index contributed by atoms with van der Waals surface area (Å²) in [7, 11) is 0. The van der Waals surface area contributed by atoms with Gasteiger partial charge in [0, 0.05) is 19.0 Å². The molecule has 0 saturated carbocycles. The number of nitrogens with one attached hydrogen (secondary N) is 3. The quantitative estimate of drug-likeness (QED) is 0.226. The van der Waals surface area contributed by atoms with Crippen molar-refractivity contribution >= 4 is 52.8 Å². The first-order chi connectivity index (χ1) is 19.0. The lowest BCUT2D eigenvalue weighted by molar-refractivity contribution is -0.161. The van der Waals surface area contributed by atoms with Crippen LogP contribution in [0, 0.1) is 11.3 Å². The van der Waals surface area contributed by atoms with Crippen molar-refractivity contribution in [2.45, 2.75) is 59.0 Å². The fraction of sp³-hybridized carbons (Fsp3) is 0.400. The standard InChI is InChI=1S/C30H35Cl2F2N3O4/c1-18(2)25(26(39)30(33,34)28(41)35-17-29(3,4)5)37-27(40)23(16-19-9-7-6-8-10-19)36-24(38)14-12-20-11-13-21(31)22(32)15-20/h6-15,18,23,25H,16-17H2,1-5H3,(H,35,41)(H,36,38)(H,37,40)/t23-,25-/m0/s1. The highest BCUT2D eigenvalue weighted by molar-refractivity contribution is 6.42. The van der Waals surface area contributed by atoms with Gasteiger partial charge in [0.05, 0.1) is 16.1 Å². The Bertz CT molecular complexity index is 1280. The minimum atomic E-state index is -4.38. The highest BCUT2D eigenvalue weighted by atomic mass is 35.5. The number of ketones is 1. The Labute approximate surface area is 249 Å². The van der Waals surface area contributed by atoms with Gasteiger partial charge in [-0.05, 0) is 40.7 Å². The fourth-order valence-corrected chi connectivity index (χ4v) is 3.93. The van der Waals surface area contributed by atoms with Gasteiger partial charge in [0.1, 0.15) is 6.04 Å². The zero-order chi connectivity index (χ0) is 31.0. The van der Waals surface area contributed by atoms with E-state index in [9.17, 15) is 28.0 Å². The summed E-state index contributed by atoms with van der Waals surface area (Å²) in [4.78, 5) is 51.2. The summed E-state index contributed by atoms with van der Waals surface area (Å²) in [6, 6.07) is 10.6. The van der Waals surface area contributed by atoms with Crippen LogP contribution in [0.3, 0.4) is 0 Å². The van der Waals surface area contributed by atoms with Crippen molar-refractivity contribution in [2.24, 2.45) is 11.3 Å². The lowest BCUT2D eigenvalue weighted by atomic mass is 9.93. The number of carbonyl (C=O) groups excluding carboxylic acids is 4. The summed E-state index contributed by atoms with van der Waals surface area (Å²) < 4.78 is 29.8. The average Bonchev–Trinajstić information content (AvgIpc) is 2.90. The molecule has 0 fully saturated rings. The third-order valence-electron chi connectivity index (χ3n) is 5.91. The van der Waals surface area contributed by atoms with Crippen LogP contribution in [-0.4, -0.2) is 48.1 Å². The van der Waals surface area contributed by atoms with Crippen LogP contribution in [-0.2, 0) is 25.6 Å². The van der Waals surface area contributed by atoms with E-state index in [0.717, 1.165) is 0 Å². The highest BCUT2D eigenvalue weighted by Gasteiger charge is 2.51. The molecule has 0 aliphatic rings. The molecule has 222 valence electrons. The highest BCUT2D eigenvalue weighted by Crippen LogP contribution is 2.24. The van der Waals surface area contributed by atoms with Gasteiger partial charge in [-0.2, -0.15) is 8.78 Å². The summed E-state index contributed by atoms with van der Waals surface area (Å²) in [6.45, 7) is 8.09. The van der Waals surface area contributed by atoms with E-state index in [1.165, 1.54) is 26.0 Å². The Morgan fingerprint density at radius 2 is 1.56 bits per heavy atom. The van der Waals surface area contributed by atoms with Gasteiger partial charge >= 0.3 is 5.92 Å². The van der Waals surface area contributed by atoms with Crippen LogP contribution in [0.25, 0.3) is 6.08 Å². The topological polar surface area (TPSA) is 104 Å². The molecule has 0 spiro atoms. The first kappa shape index (κ1) is 33.9. The summed E-state index contributed by atoms with van der Waals surface area (Å²) in [5, 5.41) is 7.66. The zero-order valence-electron chi connectivity index (χ0n) is 23.6. The van der Waals surface area contributed by atoms with Crippen LogP contribution < -0.4 is 16.0 Å². The second-order valence-electron chi connectivity index (χ2n) is 11.2. The van der Waals surface area contributed by atoms with Gasteiger partial charge in [0.2, 0.25) is 17.6 Å². The predicted octanol–water partition coefficient (Wildman–Crippen LogP) is 5.24. The largest absolute Gasteiger partial charge is 0.383 e. The number of alkyl halides is 2. The molecule has 11 heteroatoms. The molecule has 0 bridgehead atoms. The number of hydrogen-bond donors (Lipinski definition) is 3. The molecule has 2 atom stereocenters. The molecule has 41 heavy (non-hydrogen) atoms. The number of Topliss-reactive ketones (excluding diaryl/α,β-unsaturated/α-hetero) is 1. The minimum absolute atomic E-state index is 0.0144. The normalized spacial score (nSPS) is 13.5. The molecule has 3 amide bonds. The SMILES string of the molecule is CC(C)[C@H](NC(=O)[C@H](Cc1ccccc1)NC(=O)C=Cc1ccc(Cl)c(Cl)c1)C(=O)C(F)(F)C(=O)NCC(C)(C)C. The number of halogens is 4. The molecule has 2 rings (SSSR count). The van der Waals surface area contributed by atoms with Crippen LogP contribution in [0.5, 0.6) is 0 Å². The lowest BCUT2D eigenvalue weighted by Gasteiger charge is -2.28. The lowest BCUT2D eigenvalue weighted by Crippen LogP contribution is -2.59. The molecular weight excluding hydrogens is 575 g/mol. The first-order valence-electron chi connectivity index (χ1n) is 13.0. The smallest absolute Gasteiger partial charge is 0.350 e. The number of benzene rings is 2. The summed E-state index contributed by atoms with van der Waals surface area (Å²) in [6.07, 6.45) is 2.66. The first-order valence-corrected chi connectivity index (χ1v) is 13.7. The van der Waals surface area contributed by atoms with E-state index in [-0.39, 0.29) is 13.0 Å². The summed E-state index contributed by atoms with van der Waals surface area (Å²) in [5.74, 6) is -10.1. The molecule has 0 aliphatic carbocycles. The maximum absolute atomic E-state index is 14.9. The third kappa shape index (κ3) is 10.6. The maximum atomic E-state index is 14.9. The monoisotopic (exact) mass is 609 g/mol. The van der Waals surface area contributed by atoms with Crippen molar-refractivity contribution in [1.82, 2.24) is 16.0 Å². The minimum Gasteiger partial charge on any atom is -0.350 e. The van der Waals surface area contributed by atoms with Crippen LogP contribution in [0.15, 0.2) is 54.6 Å². The third-order valence-corrected chi connectivity index (χ3v) is 6.65. The van der Waals surface area contributed by atoms with Crippen molar-refractivity contribution in [2.75, 3.05) is 6.54 Å². The van der Waals surface area contributed by atoms with Gasteiger partial charge in [0.25, 0.3) is 5.91 Å². The molecule has 0 saturated heterocycles. The van der Waals surface area contributed by atoms with E-state index in [4.69, 9.17) is 23.2 Å². The van der Waals surface area contributed by atoms with E-state index in [1.54, 1.807) is 69.3 Å². The Hall–Kier alpha value is -3.30. The molecule has 2 aromatic rings. The van der Waals surface area contributed by atoms with Gasteiger partial charge < -0.3 is 16.0 Å². The van der Waals surface area contributed by atoms with Crippen LogP contribution in [0.4, 0.5) is 8.78 Å². The second-order valence-corrected chi connectivity index (χ2v) is 12.0. The van der Waals surface area contributed by atoms with Crippen molar-refractivity contribution in [3.8, 4) is 0 Å².